The van der Waals surface area contributed by atoms with Crippen LogP contribution in [0.4, 0.5) is 9.39 Å². The minimum Gasteiger partial charge on any atom is -0.462 e. The lowest BCUT2D eigenvalue weighted by atomic mass is 10.0. The Morgan fingerprint density at radius 2 is 1.97 bits per heavy atom. The molecule has 0 aliphatic carbocycles. The average molecular weight is 472 g/mol. The number of carbonyl (C=O) groups excluding carboxylic acids is 2. The van der Waals surface area contributed by atoms with Gasteiger partial charge >= 0.3 is 5.97 Å². The Morgan fingerprint density at radius 3 is 2.66 bits per heavy atom. The van der Waals surface area contributed by atoms with Gasteiger partial charge in [0, 0.05) is 18.0 Å². The van der Waals surface area contributed by atoms with Crippen LogP contribution in [-0.2, 0) is 11.8 Å². The molecule has 0 aliphatic heterocycles. The van der Waals surface area contributed by atoms with Crippen molar-refractivity contribution < 1.29 is 18.7 Å². The van der Waals surface area contributed by atoms with Gasteiger partial charge in [0.1, 0.15) is 21.2 Å². The Bertz CT molecular complexity index is 1400. The number of thiophene rings is 2. The first-order chi connectivity index (χ1) is 15.3. The van der Waals surface area contributed by atoms with Gasteiger partial charge in [0.05, 0.1) is 23.2 Å². The molecule has 0 unspecified atom stereocenters. The molecule has 0 saturated heterocycles. The number of nitrogens with zero attached hydrogens (tertiary/aromatic N) is 2. The Morgan fingerprint density at radius 1 is 1.25 bits per heavy atom. The van der Waals surface area contributed by atoms with Gasteiger partial charge in [0.25, 0.3) is 11.5 Å². The van der Waals surface area contributed by atoms with Crippen LogP contribution < -0.4 is 10.9 Å². The van der Waals surface area contributed by atoms with Crippen LogP contribution in [-0.4, -0.2) is 28.0 Å². The zero-order valence-electron chi connectivity index (χ0n) is 17.4. The van der Waals surface area contributed by atoms with Gasteiger partial charge in [-0.15, -0.1) is 22.7 Å². The zero-order chi connectivity index (χ0) is 23.0. The van der Waals surface area contributed by atoms with Crippen LogP contribution in [0.25, 0.3) is 21.3 Å². The molecule has 1 aromatic carbocycles. The minimum atomic E-state index is -0.591. The summed E-state index contributed by atoms with van der Waals surface area (Å²) in [6, 6.07) is 5.72. The molecule has 10 heteroatoms. The summed E-state index contributed by atoms with van der Waals surface area (Å²) in [4.78, 5) is 43.3. The largest absolute Gasteiger partial charge is 0.462 e. The van der Waals surface area contributed by atoms with Crippen molar-refractivity contribution in [2.24, 2.45) is 7.05 Å². The summed E-state index contributed by atoms with van der Waals surface area (Å²) in [6.45, 7) is 3.55. The lowest BCUT2D eigenvalue weighted by Gasteiger charge is -2.09. The molecule has 1 amide bonds. The maximum absolute atomic E-state index is 13.4. The van der Waals surface area contributed by atoms with E-state index < -0.39 is 17.7 Å². The van der Waals surface area contributed by atoms with Crippen molar-refractivity contribution in [2.45, 2.75) is 13.8 Å². The van der Waals surface area contributed by atoms with Crippen LogP contribution in [0.2, 0.25) is 0 Å². The van der Waals surface area contributed by atoms with Gasteiger partial charge in [0.15, 0.2) is 0 Å². The second-order valence-electron chi connectivity index (χ2n) is 6.93. The number of nitrogens with one attached hydrogen (secondary N) is 1. The van der Waals surface area contributed by atoms with Gasteiger partial charge in [-0.05, 0) is 37.1 Å². The number of carbonyl (C=O) groups is 2. The summed E-state index contributed by atoms with van der Waals surface area (Å²) >= 11 is 2.28. The van der Waals surface area contributed by atoms with Crippen LogP contribution in [0.1, 0.15) is 32.5 Å². The molecule has 3 heterocycles. The number of aryl methyl sites for hydroxylation is 2. The molecule has 7 nitrogen and oxygen atoms in total. The minimum absolute atomic E-state index is 0.162. The van der Waals surface area contributed by atoms with Crippen LogP contribution in [0.15, 0.2) is 40.8 Å². The predicted molar refractivity (Wildman–Crippen MR) is 123 cm³/mol. The normalized spacial score (nSPS) is 11.0. The molecule has 32 heavy (non-hydrogen) atoms. The van der Waals surface area contributed by atoms with E-state index in [4.69, 9.17) is 4.74 Å². The summed E-state index contributed by atoms with van der Waals surface area (Å²) in [7, 11) is 1.60. The molecule has 0 bridgehead atoms. The van der Waals surface area contributed by atoms with E-state index in [9.17, 15) is 18.8 Å². The van der Waals surface area contributed by atoms with Crippen molar-refractivity contribution in [3.8, 4) is 11.1 Å². The fourth-order valence-corrected chi connectivity index (χ4v) is 5.27. The van der Waals surface area contributed by atoms with Crippen LogP contribution in [0.5, 0.6) is 0 Å². The van der Waals surface area contributed by atoms with Crippen molar-refractivity contribution in [3.63, 3.8) is 0 Å². The molecular weight excluding hydrogens is 453 g/mol. The highest BCUT2D eigenvalue weighted by Gasteiger charge is 2.25. The van der Waals surface area contributed by atoms with Crippen LogP contribution >= 0.6 is 22.7 Å². The average Bonchev–Trinajstić information content (AvgIpc) is 3.33. The van der Waals surface area contributed by atoms with Crippen molar-refractivity contribution in [2.75, 3.05) is 11.9 Å². The lowest BCUT2D eigenvalue weighted by Crippen LogP contribution is -2.17. The molecule has 0 saturated carbocycles. The number of hydrogen-bond donors (Lipinski definition) is 1. The molecule has 1 N–H and O–H groups in total. The van der Waals surface area contributed by atoms with E-state index >= 15 is 0 Å². The number of benzene rings is 1. The van der Waals surface area contributed by atoms with E-state index in [2.05, 4.69) is 10.3 Å². The Balaban J connectivity index is 1.75. The Labute approximate surface area is 190 Å². The number of amides is 1. The van der Waals surface area contributed by atoms with Crippen LogP contribution in [0.3, 0.4) is 0 Å². The van der Waals surface area contributed by atoms with Gasteiger partial charge in [0.2, 0.25) is 0 Å². The van der Waals surface area contributed by atoms with Crippen molar-refractivity contribution in [1.29, 1.82) is 0 Å². The molecule has 0 fully saturated rings. The molecule has 164 valence electrons. The molecule has 4 rings (SSSR count). The van der Waals surface area contributed by atoms with Crippen molar-refractivity contribution in [3.05, 3.63) is 68.1 Å². The van der Waals surface area contributed by atoms with E-state index in [1.165, 1.54) is 34.4 Å². The number of hydrogen-bond acceptors (Lipinski definition) is 7. The molecule has 4 aromatic rings. The quantitative estimate of drug-likeness (QED) is 0.430. The summed E-state index contributed by atoms with van der Waals surface area (Å²) < 4.78 is 19.9. The lowest BCUT2D eigenvalue weighted by molar-refractivity contribution is 0.0529. The van der Waals surface area contributed by atoms with Gasteiger partial charge in [-0.1, -0.05) is 12.1 Å². The first kappa shape index (κ1) is 21.8. The molecule has 0 aliphatic rings. The third-order valence-electron chi connectivity index (χ3n) is 4.87. The topological polar surface area (TPSA) is 90.3 Å². The van der Waals surface area contributed by atoms with Gasteiger partial charge in [-0.25, -0.2) is 14.2 Å². The highest BCUT2D eigenvalue weighted by atomic mass is 32.1. The van der Waals surface area contributed by atoms with Gasteiger partial charge < -0.3 is 14.6 Å². The molecule has 0 radical (unpaired) electrons. The van der Waals surface area contributed by atoms with Crippen molar-refractivity contribution in [1.82, 2.24) is 9.55 Å². The summed E-state index contributed by atoms with van der Waals surface area (Å²) in [5.74, 6) is -1.44. The maximum atomic E-state index is 13.4. The van der Waals surface area contributed by atoms with E-state index in [1.54, 1.807) is 38.4 Å². The molecule has 0 spiro atoms. The van der Waals surface area contributed by atoms with Gasteiger partial charge in [-0.3, -0.25) is 9.59 Å². The number of esters is 1. The second kappa shape index (κ2) is 8.64. The smallest absolute Gasteiger partial charge is 0.341 e. The predicted octanol–water partition coefficient (Wildman–Crippen LogP) is 4.60. The number of ether oxygens (including phenoxy) is 1. The highest BCUT2D eigenvalue weighted by molar-refractivity contribution is 7.21. The molecular formula is C22H18FN3O4S2. The number of halogens is 1. The first-order valence-electron chi connectivity index (χ1n) is 9.62. The van der Waals surface area contributed by atoms with Crippen LogP contribution in [0, 0.1) is 12.7 Å². The summed E-state index contributed by atoms with van der Waals surface area (Å²) in [6.07, 6.45) is 1.41. The maximum Gasteiger partial charge on any atom is 0.341 e. The standard InChI is InChI=1S/C22H18FN3O4S2/c1-4-30-22(29)16-14(12-5-7-13(23)8-6-12)9-31-20(16)25-18(27)17-11(2)15-19(32-17)24-10-26(3)21(15)28/h5-10H,4H2,1-3H3,(H,25,27). The first-order valence-corrected chi connectivity index (χ1v) is 11.3. The second-order valence-corrected chi connectivity index (χ2v) is 8.81. The third kappa shape index (κ3) is 3.82. The summed E-state index contributed by atoms with van der Waals surface area (Å²) in [5.41, 5.74) is 1.66. The summed E-state index contributed by atoms with van der Waals surface area (Å²) in [5, 5.41) is 5.20. The monoisotopic (exact) mass is 471 g/mol. The van der Waals surface area contributed by atoms with Gasteiger partial charge in [-0.2, -0.15) is 0 Å². The Kier molecular flexibility index (Phi) is 5.90. The Hall–Kier alpha value is -3.37. The fraction of sp³-hybridized carbons (Fsp3) is 0.182. The third-order valence-corrected chi connectivity index (χ3v) is 6.96. The fourth-order valence-electron chi connectivity index (χ4n) is 3.28. The van der Waals surface area contributed by atoms with E-state index in [0.29, 0.717) is 36.8 Å². The number of rotatable bonds is 5. The SMILES string of the molecule is CCOC(=O)c1c(-c2ccc(F)cc2)csc1NC(=O)c1sc2ncn(C)c(=O)c2c1C. The molecule has 3 aromatic heterocycles. The van der Waals surface area contributed by atoms with E-state index in [-0.39, 0.29) is 17.7 Å². The van der Waals surface area contributed by atoms with E-state index in [1.807, 2.05) is 0 Å². The highest BCUT2D eigenvalue weighted by Crippen LogP contribution is 2.37. The molecule has 0 atom stereocenters. The zero-order valence-corrected chi connectivity index (χ0v) is 19.0. The van der Waals surface area contributed by atoms with E-state index in [0.717, 1.165) is 11.3 Å². The number of aromatic nitrogens is 2. The van der Waals surface area contributed by atoms with Crippen molar-refractivity contribution >= 4 is 49.8 Å². The number of fused-ring (bicyclic) bond motifs is 1. The number of anilines is 1.